The highest BCUT2D eigenvalue weighted by molar-refractivity contribution is 6.41. The molecule has 0 radical (unpaired) electrons. The van der Waals surface area contributed by atoms with Gasteiger partial charge in [-0.1, -0.05) is 60.8 Å². The Kier molecular flexibility index (Phi) is 12.3. The lowest BCUT2D eigenvalue weighted by atomic mass is 10.1. The SMILES string of the molecule is CCc1ncnc(Cl)c1Cl.CCc1ncnc(NCCc2ccc3c(c2)OCO3)c1Cl.NCCc1ccc2c(c1)OCO2. The molecule has 43 heavy (non-hydrogen) atoms. The largest absolute Gasteiger partial charge is 0.454 e. The van der Waals surface area contributed by atoms with Crippen molar-refractivity contribution < 1.29 is 18.9 Å². The van der Waals surface area contributed by atoms with Gasteiger partial charge in [0.25, 0.3) is 0 Å². The van der Waals surface area contributed by atoms with Crippen molar-refractivity contribution >= 4 is 40.6 Å². The maximum absolute atomic E-state index is 6.24. The lowest BCUT2D eigenvalue weighted by Gasteiger charge is -2.09. The first-order valence-electron chi connectivity index (χ1n) is 13.8. The normalized spacial score (nSPS) is 12.1. The predicted molar refractivity (Wildman–Crippen MR) is 168 cm³/mol. The van der Waals surface area contributed by atoms with Crippen LogP contribution in [0.4, 0.5) is 5.82 Å². The minimum atomic E-state index is 0.299. The summed E-state index contributed by atoms with van der Waals surface area (Å²) in [6, 6.07) is 11.9. The summed E-state index contributed by atoms with van der Waals surface area (Å²) < 4.78 is 21.1. The average Bonchev–Trinajstić information content (AvgIpc) is 3.69. The van der Waals surface area contributed by atoms with Crippen LogP contribution < -0.4 is 30.0 Å². The maximum Gasteiger partial charge on any atom is 0.231 e. The molecule has 4 heterocycles. The van der Waals surface area contributed by atoms with Gasteiger partial charge in [0.1, 0.15) is 23.5 Å². The zero-order valence-corrected chi connectivity index (χ0v) is 26.2. The van der Waals surface area contributed by atoms with Crippen molar-refractivity contribution in [3.63, 3.8) is 0 Å². The van der Waals surface area contributed by atoms with Gasteiger partial charge in [0.2, 0.25) is 13.6 Å². The standard InChI is InChI=1S/C15H16ClN3O2.C9H11NO2.C6H6Cl2N2/c1-2-11-14(16)15(19-8-18-11)17-6-5-10-3-4-12-13(7-10)21-9-20-12;10-4-3-7-1-2-8-9(5-7)12-6-11-8;1-2-4-5(7)6(8)10-3-9-4/h3-4,7-8H,2,5-6,9H2,1H3,(H,17,18,19);1-2,5H,3-4,6,10H2;3H,2H2,1H3. The zero-order chi connectivity index (χ0) is 30.6. The van der Waals surface area contributed by atoms with E-state index in [0.29, 0.717) is 41.1 Å². The van der Waals surface area contributed by atoms with E-state index in [9.17, 15) is 0 Å². The van der Waals surface area contributed by atoms with E-state index in [4.69, 9.17) is 59.5 Å². The molecule has 0 bridgehead atoms. The Morgan fingerprint density at radius 3 is 1.79 bits per heavy atom. The Labute approximate surface area is 265 Å². The van der Waals surface area contributed by atoms with E-state index in [2.05, 4.69) is 25.3 Å². The van der Waals surface area contributed by atoms with Crippen LogP contribution in [0.5, 0.6) is 23.0 Å². The second-order valence-electron chi connectivity index (χ2n) is 9.21. The van der Waals surface area contributed by atoms with Crippen LogP contribution in [0.3, 0.4) is 0 Å². The second kappa shape index (κ2) is 16.3. The number of halogens is 3. The van der Waals surface area contributed by atoms with Gasteiger partial charge >= 0.3 is 0 Å². The molecule has 0 aliphatic carbocycles. The predicted octanol–water partition coefficient (Wildman–Crippen LogP) is 6.34. The minimum Gasteiger partial charge on any atom is -0.454 e. The van der Waals surface area contributed by atoms with Gasteiger partial charge in [0.15, 0.2) is 28.2 Å². The van der Waals surface area contributed by atoms with E-state index in [-0.39, 0.29) is 0 Å². The summed E-state index contributed by atoms with van der Waals surface area (Å²) in [6.07, 6.45) is 6.25. The van der Waals surface area contributed by atoms with Crippen LogP contribution in [0.25, 0.3) is 0 Å². The van der Waals surface area contributed by atoms with Crippen LogP contribution in [0.1, 0.15) is 36.4 Å². The van der Waals surface area contributed by atoms with Gasteiger partial charge in [0.05, 0.1) is 16.4 Å². The van der Waals surface area contributed by atoms with E-state index in [1.165, 1.54) is 23.8 Å². The molecule has 0 saturated carbocycles. The van der Waals surface area contributed by atoms with Crippen LogP contribution in [0.2, 0.25) is 15.2 Å². The van der Waals surface area contributed by atoms with Gasteiger partial charge in [-0.2, -0.15) is 0 Å². The summed E-state index contributed by atoms with van der Waals surface area (Å²) in [4.78, 5) is 16.0. The van der Waals surface area contributed by atoms with Gasteiger partial charge in [-0.25, -0.2) is 19.9 Å². The fraction of sp³-hybridized carbons (Fsp3) is 0.333. The summed E-state index contributed by atoms with van der Waals surface area (Å²) in [5.41, 5.74) is 9.46. The third kappa shape index (κ3) is 8.96. The Morgan fingerprint density at radius 1 is 0.698 bits per heavy atom. The van der Waals surface area contributed by atoms with Crippen LogP contribution in [-0.2, 0) is 25.7 Å². The molecule has 6 rings (SSSR count). The summed E-state index contributed by atoms with van der Waals surface area (Å²) in [7, 11) is 0. The van der Waals surface area contributed by atoms with E-state index in [1.54, 1.807) is 0 Å². The van der Waals surface area contributed by atoms with Crippen molar-refractivity contribution in [2.24, 2.45) is 5.73 Å². The number of nitrogens with one attached hydrogen (secondary N) is 1. The van der Waals surface area contributed by atoms with Crippen LogP contribution in [0.15, 0.2) is 49.1 Å². The minimum absolute atomic E-state index is 0.299. The van der Waals surface area contributed by atoms with Crippen molar-refractivity contribution in [2.75, 3.05) is 32.0 Å². The van der Waals surface area contributed by atoms with Gasteiger partial charge in [-0.15, -0.1) is 0 Å². The topological polar surface area (TPSA) is 127 Å². The molecule has 13 heteroatoms. The van der Waals surface area contributed by atoms with Crippen LogP contribution in [0, 0.1) is 0 Å². The van der Waals surface area contributed by atoms with Crippen molar-refractivity contribution in [1.29, 1.82) is 0 Å². The average molecular weight is 648 g/mol. The second-order valence-corrected chi connectivity index (χ2v) is 10.3. The quantitative estimate of drug-likeness (QED) is 0.209. The maximum atomic E-state index is 6.24. The number of benzene rings is 2. The molecule has 0 unspecified atom stereocenters. The number of anilines is 1. The van der Waals surface area contributed by atoms with Crippen molar-refractivity contribution in [1.82, 2.24) is 19.9 Å². The fourth-order valence-corrected chi connectivity index (χ4v) is 4.77. The Morgan fingerprint density at radius 2 is 1.23 bits per heavy atom. The lowest BCUT2D eigenvalue weighted by molar-refractivity contribution is 0.173. The van der Waals surface area contributed by atoms with Crippen LogP contribution >= 0.6 is 34.8 Å². The smallest absolute Gasteiger partial charge is 0.231 e. The van der Waals surface area contributed by atoms with E-state index in [0.717, 1.165) is 66.6 Å². The number of nitrogens with two attached hydrogens (primary N) is 1. The number of hydrogen-bond acceptors (Lipinski definition) is 10. The molecule has 0 amide bonds. The molecule has 0 atom stereocenters. The molecule has 0 saturated heterocycles. The van der Waals surface area contributed by atoms with Gasteiger partial charge in [-0.05, 0) is 67.6 Å². The third-order valence-electron chi connectivity index (χ3n) is 6.36. The molecular weight excluding hydrogens is 615 g/mol. The number of rotatable bonds is 8. The molecule has 2 aromatic heterocycles. The summed E-state index contributed by atoms with van der Waals surface area (Å²) in [5.74, 6) is 3.96. The first-order valence-corrected chi connectivity index (χ1v) is 14.9. The fourth-order valence-electron chi connectivity index (χ4n) is 4.09. The molecule has 0 fully saturated rings. The van der Waals surface area contributed by atoms with Crippen molar-refractivity contribution in [2.45, 2.75) is 39.5 Å². The van der Waals surface area contributed by atoms with Crippen LogP contribution in [-0.4, -0.2) is 46.6 Å². The number of fused-ring (bicyclic) bond motifs is 2. The first kappa shape index (κ1) is 32.3. The molecule has 10 nitrogen and oxygen atoms in total. The molecule has 2 aliphatic heterocycles. The number of aromatic nitrogens is 4. The van der Waals surface area contributed by atoms with Crippen molar-refractivity contribution in [3.05, 3.63) is 86.8 Å². The molecule has 228 valence electrons. The zero-order valence-electron chi connectivity index (χ0n) is 23.9. The summed E-state index contributed by atoms with van der Waals surface area (Å²) >= 11 is 17.6. The van der Waals surface area contributed by atoms with Gasteiger partial charge in [0, 0.05) is 6.54 Å². The third-order valence-corrected chi connectivity index (χ3v) is 7.54. The van der Waals surface area contributed by atoms with Crippen molar-refractivity contribution in [3.8, 4) is 23.0 Å². The number of hydrogen-bond donors (Lipinski definition) is 2. The molecule has 0 spiro atoms. The van der Waals surface area contributed by atoms with E-state index < -0.39 is 0 Å². The Hall–Kier alpha value is -3.57. The summed E-state index contributed by atoms with van der Waals surface area (Å²) in [6.45, 7) is 6.02. The summed E-state index contributed by atoms with van der Waals surface area (Å²) in [5, 5.41) is 4.64. The molecular formula is C30H33Cl3N6O4. The number of nitrogens with zero attached hydrogens (tertiary/aromatic N) is 4. The highest BCUT2D eigenvalue weighted by Gasteiger charge is 2.14. The number of aryl methyl sites for hydroxylation is 2. The Balaban J connectivity index is 0.000000163. The molecule has 2 aliphatic rings. The monoisotopic (exact) mass is 646 g/mol. The number of ether oxygens (including phenoxy) is 4. The van der Waals surface area contributed by atoms with Gasteiger partial charge < -0.3 is 30.0 Å². The van der Waals surface area contributed by atoms with E-state index in [1.807, 2.05) is 50.2 Å². The van der Waals surface area contributed by atoms with E-state index >= 15 is 0 Å². The van der Waals surface area contributed by atoms with Gasteiger partial charge in [-0.3, -0.25) is 0 Å². The first-order chi connectivity index (χ1) is 20.9. The molecule has 3 N–H and O–H groups in total. The lowest BCUT2D eigenvalue weighted by Crippen LogP contribution is -2.08. The Bertz CT molecular complexity index is 1510. The highest BCUT2D eigenvalue weighted by Crippen LogP contribution is 2.33. The molecule has 4 aromatic rings. The highest BCUT2D eigenvalue weighted by atomic mass is 35.5. The molecule has 2 aromatic carbocycles.